The van der Waals surface area contributed by atoms with Gasteiger partial charge in [-0.1, -0.05) is 18.6 Å². The van der Waals surface area contributed by atoms with Gasteiger partial charge in [-0.2, -0.15) is 0 Å². The highest BCUT2D eigenvalue weighted by molar-refractivity contribution is 5.85. The molecule has 1 N–H and O–H groups in total. The molecular formula is C18H28ClNO2. The first kappa shape index (κ1) is 17.4. The molecule has 1 aliphatic heterocycles. The number of nitrogens with one attached hydrogen (secondary N) is 1. The van der Waals surface area contributed by atoms with Crippen LogP contribution in [0.4, 0.5) is 0 Å². The Morgan fingerprint density at radius 3 is 2.45 bits per heavy atom. The third-order valence-electron chi connectivity index (χ3n) is 4.57. The van der Waals surface area contributed by atoms with Gasteiger partial charge in [0.2, 0.25) is 0 Å². The van der Waals surface area contributed by atoms with Gasteiger partial charge in [-0.3, -0.25) is 0 Å². The number of halogens is 1. The minimum absolute atomic E-state index is 0. The first-order valence-corrected chi connectivity index (χ1v) is 8.51. The van der Waals surface area contributed by atoms with Crippen LogP contribution < -0.4 is 14.8 Å². The maximum Gasteiger partial charge on any atom is 0.161 e. The van der Waals surface area contributed by atoms with Gasteiger partial charge in [-0.15, -0.1) is 12.4 Å². The fourth-order valence-corrected chi connectivity index (χ4v) is 3.30. The van der Waals surface area contributed by atoms with Crippen molar-refractivity contribution in [3.8, 4) is 11.5 Å². The van der Waals surface area contributed by atoms with Crippen LogP contribution in [0, 0.1) is 5.92 Å². The summed E-state index contributed by atoms with van der Waals surface area (Å²) < 4.78 is 12.2. The monoisotopic (exact) mass is 325 g/mol. The zero-order chi connectivity index (χ0) is 14.3. The molecule has 4 heteroatoms. The Bertz CT molecular complexity index is 429. The molecule has 0 radical (unpaired) electrons. The summed E-state index contributed by atoms with van der Waals surface area (Å²) in [7, 11) is 0. The molecular weight excluding hydrogens is 298 g/mol. The fourth-order valence-electron chi connectivity index (χ4n) is 3.30. The molecule has 0 amide bonds. The molecule has 0 spiro atoms. The van der Waals surface area contributed by atoms with Crippen molar-refractivity contribution in [2.45, 2.75) is 51.0 Å². The van der Waals surface area contributed by atoms with Crippen LogP contribution in [0.2, 0.25) is 0 Å². The van der Waals surface area contributed by atoms with E-state index in [1.807, 2.05) is 24.3 Å². The summed E-state index contributed by atoms with van der Waals surface area (Å²) in [5.41, 5.74) is 0. The van der Waals surface area contributed by atoms with Crippen LogP contribution in [-0.2, 0) is 0 Å². The predicted octanol–water partition coefficient (Wildman–Crippen LogP) is 4.20. The summed E-state index contributed by atoms with van der Waals surface area (Å²) in [6, 6.07) is 8.15. The lowest BCUT2D eigenvalue weighted by atomic mass is 9.98. The lowest BCUT2D eigenvalue weighted by Crippen LogP contribution is -2.33. The van der Waals surface area contributed by atoms with E-state index in [1.165, 1.54) is 44.9 Å². The smallest absolute Gasteiger partial charge is 0.161 e. The van der Waals surface area contributed by atoms with Crippen LogP contribution >= 0.6 is 12.4 Å². The first-order chi connectivity index (χ1) is 10.4. The van der Waals surface area contributed by atoms with Crippen molar-refractivity contribution in [1.82, 2.24) is 5.32 Å². The Hall–Kier alpha value is -0.930. The summed E-state index contributed by atoms with van der Waals surface area (Å²) in [6.07, 6.45) is 9.20. The Labute approximate surface area is 140 Å². The summed E-state index contributed by atoms with van der Waals surface area (Å²) >= 11 is 0. The second-order valence-corrected chi connectivity index (χ2v) is 6.35. The molecule has 0 aromatic heterocycles. The molecule has 124 valence electrons. The number of ether oxygens (including phenoxy) is 2. The molecule has 0 unspecified atom stereocenters. The topological polar surface area (TPSA) is 30.5 Å². The standard InChI is InChI=1S/C18H27NO2.ClH/c1-2-8-16(9-3-1)21-18-11-5-4-10-17(18)20-14-15-7-6-12-19-13-15;/h4-5,10-11,15-16,19H,1-3,6-9,12-14H2;1H/t15-;/m0./s1. The van der Waals surface area contributed by atoms with Gasteiger partial charge in [0, 0.05) is 12.5 Å². The molecule has 1 saturated carbocycles. The molecule has 1 heterocycles. The average molecular weight is 326 g/mol. The zero-order valence-corrected chi connectivity index (χ0v) is 14.1. The Balaban J connectivity index is 0.00000176. The van der Waals surface area contributed by atoms with Crippen molar-refractivity contribution in [3.05, 3.63) is 24.3 Å². The van der Waals surface area contributed by atoms with Gasteiger partial charge in [-0.25, -0.2) is 0 Å². The van der Waals surface area contributed by atoms with E-state index >= 15 is 0 Å². The number of para-hydroxylation sites is 2. The molecule has 2 aliphatic rings. The third kappa shape index (κ3) is 5.06. The lowest BCUT2D eigenvalue weighted by molar-refractivity contribution is 0.142. The predicted molar refractivity (Wildman–Crippen MR) is 92.3 cm³/mol. The molecule has 22 heavy (non-hydrogen) atoms. The van der Waals surface area contributed by atoms with Crippen LogP contribution in [-0.4, -0.2) is 25.8 Å². The molecule has 1 aliphatic carbocycles. The van der Waals surface area contributed by atoms with Crippen LogP contribution in [0.5, 0.6) is 11.5 Å². The first-order valence-electron chi connectivity index (χ1n) is 8.51. The number of hydrogen-bond donors (Lipinski definition) is 1. The van der Waals surface area contributed by atoms with Gasteiger partial charge in [0.1, 0.15) is 0 Å². The number of hydrogen-bond acceptors (Lipinski definition) is 3. The normalized spacial score (nSPS) is 22.6. The molecule has 1 aromatic rings. The summed E-state index contributed by atoms with van der Waals surface area (Å²) in [5.74, 6) is 2.46. The van der Waals surface area contributed by atoms with Crippen molar-refractivity contribution in [3.63, 3.8) is 0 Å². The maximum atomic E-state index is 6.19. The van der Waals surface area contributed by atoms with Gasteiger partial charge >= 0.3 is 0 Å². The van der Waals surface area contributed by atoms with E-state index in [4.69, 9.17) is 9.47 Å². The SMILES string of the molecule is Cl.c1ccc(OC2CCCCC2)c(OC[C@H]2CCCNC2)c1. The van der Waals surface area contributed by atoms with E-state index in [0.717, 1.165) is 31.2 Å². The van der Waals surface area contributed by atoms with Gasteiger partial charge in [-0.05, 0) is 57.2 Å². The number of rotatable bonds is 5. The maximum absolute atomic E-state index is 6.19. The zero-order valence-electron chi connectivity index (χ0n) is 13.3. The van der Waals surface area contributed by atoms with Crippen LogP contribution in [0.25, 0.3) is 0 Å². The average Bonchev–Trinajstić information content (AvgIpc) is 2.56. The summed E-state index contributed by atoms with van der Waals surface area (Å²) in [6.45, 7) is 3.02. The number of benzene rings is 1. The van der Waals surface area contributed by atoms with E-state index in [-0.39, 0.29) is 12.4 Å². The third-order valence-corrected chi connectivity index (χ3v) is 4.57. The fraction of sp³-hybridized carbons (Fsp3) is 0.667. The van der Waals surface area contributed by atoms with Gasteiger partial charge in [0.25, 0.3) is 0 Å². The Kier molecular flexibility index (Phi) is 7.34. The number of piperidine rings is 1. The lowest BCUT2D eigenvalue weighted by Gasteiger charge is -2.26. The summed E-state index contributed by atoms with van der Waals surface area (Å²) in [5, 5.41) is 3.44. The van der Waals surface area contributed by atoms with Crippen molar-refractivity contribution in [1.29, 1.82) is 0 Å². The van der Waals surface area contributed by atoms with Crippen LogP contribution in [0.15, 0.2) is 24.3 Å². The van der Waals surface area contributed by atoms with Crippen LogP contribution in [0.1, 0.15) is 44.9 Å². The van der Waals surface area contributed by atoms with E-state index in [2.05, 4.69) is 5.32 Å². The van der Waals surface area contributed by atoms with Crippen molar-refractivity contribution < 1.29 is 9.47 Å². The molecule has 2 fully saturated rings. The van der Waals surface area contributed by atoms with Gasteiger partial charge in [0.05, 0.1) is 12.7 Å². The molecule has 3 nitrogen and oxygen atoms in total. The molecule has 1 saturated heterocycles. The van der Waals surface area contributed by atoms with Crippen LogP contribution in [0.3, 0.4) is 0 Å². The molecule has 1 atom stereocenters. The Morgan fingerprint density at radius 1 is 0.955 bits per heavy atom. The quantitative estimate of drug-likeness (QED) is 0.880. The van der Waals surface area contributed by atoms with Crippen molar-refractivity contribution in [2.24, 2.45) is 5.92 Å². The minimum Gasteiger partial charge on any atom is -0.489 e. The highest BCUT2D eigenvalue weighted by Gasteiger charge is 2.18. The van der Waals surface area contributed by atoms with Gasteiger partial charge in [0.15, 0.2) is 11.5 Å². The van der Waals surface area contributed by atoms with Gasteiger partial charge < -0.3 is 14.8 Å². The molecule has 1 aromatic carbocycles. The van der Waals surface area contributed by atoms with Crippen molar-refractivity contribution >= 4 is 12.4 Å². The largest absolute Gasteiger partial charge is 0.489 e. The second-order valence-electron chi connectivity index (χ2n) is 6.35. The van der Waals surface area contributed by atoms with Crippen molar-refractivity contribution in [2.75, 3.05) is 19.7 Å². The van der Waals surface area contributed by atoms with E-state index in [0.29, 0.717) is 12.0 Å². The highest BCUT2D eigenvalue weighted by atomic mass is 35.5. The van der Waals surface area contributed by atoms with E-state index in [9.17, 15) is 0 Å². The second kappa shape index (κ2) is 9.26. The van der Waals surface area contributed by atoms with E-state index in [1.54, 1.807) is 0 Å². The molecule has 0 bridgehead atoms. The minimum atomic E-state index is 0. The van der Waals surface area contributed by atoms with E-state index < -0.39 is 0 Å². The highest BCUT2D eigenvalue weighted by Crippen LogP contribution is 2.31. The Morgan fingerprint density at radius 2 is 1.73 bits per heavy atom. The molecule has 3 rings (SSSR count). The summed E-state index contributed by atoms with van der Waals surface area (Å²) in [4.78, 5) is 0.